The van der Waals surface area contributed by atoms with E-state index < -0.39 is 5.60 Å². The first-order valence-electron chi connectivity index (χ1n) is 7.69. The van der Waals surface area contributed by atoms with Gasteiger partial charge >= 0.3 is 0 Å². The Kier molecular flexibility index (Phi) is 4.07. The second kappa shape index (κ2) is 6.01. The van der Waals surface area contributed by atoms with E-state index in [1.54, 1.807) is 13.3 Å². The first kappa shape index (κ1) is 14.9. The van der Waals surface area contributed by atoms with Crippen LogP contribution in [0.3, 0.4) is 0 Å². The summed E-state index contributed by atoms with van der Waals surface area (Å²) in [5.41, 5.74) is 0.538. The number of aromatic nitrogens is 2. The number of imidazole rings is 1. The maximum absolute atomic E-state index is 10.8. The predicted molar refractivity (Wildman–Crippen MR) is 86.4 cm³/mol. The number of piperidine rings is 1. The van der Waals surface area contributed by atoms with E-state index >= 15 is 0 Å². The van der Waals surface area contributed by atoms with E-state index in [9.17, 15) is 5.11 Å². The topological polar surface area (TPSA) is 50.5 Å². The molecule has 22 heavy (non-hydrogen) atoms. The van der Waals surface area contributed by atoms with Crippen LogP contribution in [0.4, 0.5) is 5.69 Å². The lowest BCUT2D eigenvalue weighted by Crippen LogP contribution is -2.47. The van der Waals surface area contributed by atoms with Gasteiger partial charge in [-0.25, -0.2) is 4.98 Å². The average Bonchev–Trinajstić information content (AvgIpc) is 2.93. The Hall–Kier alpha value is -2.01. The normalized spacial score (nSPS) is 17.5. The molecule has 0 spiro atoms. The molecule has 0 saturated carbocycles. The van der Waals surface area contributed by atoms with Gasteiger partial charge in [-0.05, 0) is 44.0 Å². The molecule has 1 N–H and O–H groups in total. The Bertz CT molecular complexity index is 613. The Labute approximate surface area is 131 Å². The summed E-state index contributed by atoms with van der Waals surface area (Å²) in [6, 6.07) is 8.10. The highest BCUT2D eigenvalue weighted by Crippen LogP contribution is 2.28. The number of nitrogens with zero attached hydrogens (tertiary/aromatic N) is 3. The first-order valence-corrected chi connectivity index (χ1v) is 7.69. The number of benzene rings is 1. The molecule has 1 aromatic carbocycles. The molecular weight excluding hydrogens is 278 g/mol. The first-order chi connectivity index (χ1) is 10.6. The Morgan fingerprint density at radius 1 is 1.23 bits per heavy atom. The number of methoxy groups -OCH3 is 1. The van der Waals surface area contributed by atoms with Gasteiger partial charge in [0.1, 0.15) is 11.6 Å². The minimum Gasteiger partial charge on any atom is -0.497 e. The van der Waals surface area contributed by atoms with E-state index in [1.165, 1.54) is 5.69 Å². The van der Waals surface area contributed by atoms with Crippen molar-refractivity contribution in [3.8, 4) is 5.75 Å². The lowest BCUT2D eigenvalue weighted by molar-refractivity contribution is -0.000550. The van der Waals surface area contributed by atoms with Gasteiger partial charge in [0, 0.05) is 31.2 Å². The van der Waals surface area contributed by atoms with Crippen molar-refractivity contribution in [3.05, 3.63) is 42.5 Å². The van der Waals surface area contributed by atoms with E-state index in [0.29, 0.717) is 6.54 Å². The van der Waals surface area contributed by atoms with Crippen molar-refractivity contribution in [3.63, 3.8) is 0 Å². The third-order valence-corrected chi connectivity index (χ3v) is 4.52. The van der Waals surface area contributed by atoms with Gasteiger partial charge in [0.05, 0.1) is 19.3 Å². The van der Waals surface area contributed by atoms with Crippen molar-refractivity contribution in [1.29, 1.82) is 0 Å². The van der Waals surface area contributed by atoms with Gasteiger partial charge in [-0.2, -0.15) is 0 Å². The quantitative estimate of drug-likeness (QED) is 0.941. The Morgan fingerprint density at radius 2 is 1.91 bits per heavy atom. The molecule has 1 fully saturated rings. The lowest BCUT2D eigenvalue weighted by atomic mass is 9.91. The van der Waals surface area contributed by atoms with Crippen molar-refractivity contribution >= 4 is 5.69 Å². The van der Waals surface area contributed by atoms with E-state index in [1.807, 2.05) is 29.8 Å². The van der Waals surface area contributed by atoms with Crippen LogP contribution in [0.25, 0.3) is 0 Å². The maximum atomic E-state index is 10.8. The number of aryl methyl sites for hydroxylation is 1. The van der Waals surface area contributed by atoms with Crippen molar-refractivity contribution < 1.29 is 9.84 Å². The molecule has 0 aliphatic carbocycles. The highest BCUT2D eigenvalue weighted by Gasteiger charge is 2.33. The molecule has 3 rings (SSSR count). The summed E-state index contributed by atoms with van der Waals surface area (Å²) in [6.07, 6.45) is 5.24. The van der Waals surface area contributed by atoms with Gasteiger partial charge in [-0.1, -0.05) is 0 Å². The highest BCUT2D eigenvalue weighted by molar-refractivity contribution is 5.49. The van der Waals surface area contributed by atoms with Crippen molar-refractivity contribution in [2.75, 3.05) is 25.1 Å². The summed E-state index contributed by atoms with van der Waals surface area (Å²) >= 11 is 0. The predicted octanol–water partition coefficient (Wildman–Crippen LogP) is 2.23. The molecule has 118 valence electrons. The number of anilines is 1. The summed E-state index contributed by atoms with van der Waals surface area (Å²) in [4.78, 5) is 6.54. The fourth-order valence-electron chi connectivity index (χ4n) is 3.02. The number of hydrogen-bond donors (Lipinski definition) is 1. The molecule has 5 nitrogen and oxygen atoms in total. The standard InChI is InChI=1S/C17H23N3O2/c1-14-18-9-12-20(14)13-17(21)7-10-19(11-8-17)15-3-5-16(22-2)6-4-15/h3-6,9,12,21H,7-8,10-11,13H2,1-2H3. The van der Waals surface area contributed by atoms with Crippen LogP contribution in [0.5, 0.6) is 5.75 Å². The average molecular weight is 301 g/mol. The van der Waals surface area contributed by atoms with Crippen LogP contribution in [-0.4, -0.2) is 40.5 Å². The van der Waals surface area contributed by atoms with Crippen LogP contribution < -0.4 is 9.64 Å². The Morgan fingerprint density at radius 3 is 2.45 bits per heavy atom. The summed E-state index contributed by atoms with van der Waals surface area (Å²) in [6.45, 7) is 4.30. The minimum atomic E-state index is -0.644. The van der Waals surface area contributed by atoms with Crippen molar-refractivity contribution in [2.45, 2.75) is 31.9 Å². The van der Waals surface area contributed by atoms with Gasteiger partial charge in [-0.15, -0.1) is 0 Å². The molecule has 0 atom stereocenters. The van der Waals surface area contributed by atoms with E-state index in [2.05, 4.69) is 22.0 Å². The van der Waals surface area contributed by atoms with Crippen LogP contribution in [0.1, 0.15) is 18.7 Å². The second-order valence-corrected chi connectivity index (χ2v) is 6.01. The summed E-state index contributed by atoms with van der Waals surface area (Å²) < 4.78 is 7.22. The molecule has 0 unspecified atom stereocenters. The molecule has 2 aromatic rings. The summed E-state index contributed by atoms with van der Waals surface area (Å²) in [5, 5.41) is 10.8. The van der Waals surface area contributed by atoms with Gasteiger partial charge in [-0.3, -0.25) is 0 Å². The second-order valence-electron chi connectivity index (χ2n) is 6.01. The number of aliphatic hydroxyl groups is 1. The van der Waals surface area contributed by atoms with E-state index in [4.69, 9.17) is 4.74 Å². The molecule has 0 bridgehead atoms. The van der Waals surface area contributed by atoms with Crippen LogP contribution in [0, 0.1) is 6.92 Å². The molecule has 5 heteroatoms. The van der Waals surface area contributed by atoms with Gasteiger partial charge < -0.3 is 19.3 Å². The SMILES string of the molecule is COc1ccc(N2CCC(O)(Cn3ccnc3C)CC2)cc1. The fourth-order valence-corrected chi connectivity index (χ4v) is 3.02. The maximum Gasteiger partial charge on any atom is 0.119 e. The van der Waals surface area contributed by atoms with Crippen LogP contribution in [-0.2, 0) is 6.54 Å². The molecule has 1 aliphatic rings. The van der Waals surface area contributed by atoms with Gasteiger partial charge in [0.15, 0.2) is 0 Å². The molecule has 2 heterocycles. The molecular formula is C17H23N3O2. The highest BCUT2D eigenvalue weighted by atomic mass is 16.5. The Balaban J connectivity index is 1.62. The molecule has 1 saturated heterocycles. The molecule has 1 aromatic heterocycles. The van der Waals surface area contributed by atoms with Crippen LogP contribution >= 0.6 is 0 Å². The monoisotopic (exact) mass is 301 g/mol. The molecule has 0 radical (unpaired) electrons. The number of hydrogen-bond acceptors (Lipinski definition) is 4. The smallest absolute Gasteiger partial charge is 0.119 e. The van der Waals surface area contributed by atoms with Crippen LogP contribution in [0.15, 0.2) is 36.7 Å². The van der Waals surface area contributed by atoms with Crippen LogP contribution in [0.2, 0.25) is 0 Å². The van der Waals surface area contributed by atoms with Crippen molar-refractivity contribution in [2.24, 2.45) is 0 Å². The van der Waals surface area contributed by atoms with Crippen molar-refractivity contribution in [1.82, 2.24) is 9.55 Å². The zero-order valence-electron chi connectivity index (χ0n) is 13.2. The molecule has 0 amide bonds. The minimum absolute atomic E-state index is 0.620. The summed E-state index contributed by atoms with van der Waals surface area (Å²) in [7, 11) is 1.67. The van der Waals surface area contributed by atoms with E-state index in [0.717, 1.165) is 37.5 Å². The zero-order chi connectivity index (χ0) is 15.6. The fraction of sp³-hybridized carbons (Fsp3) is 0.471. The number of ether oxygens (including phenoxy) is 1. The van der Waals surface area contributed by atoms with Gasteiger partial charge in [0.2, 0.25) is 0 Å². The van der Waals surface area contributed by atoms with E-state index in [-0.39, 0.29) is 0 Å². The number of rotatable bonds is 4. The lowest BCUT2D eigenvalue weighted by Gasteiger charge is -2.39. The molecule has 1 aliphatic heterocycles. The summed E-state index contributed by atoms with van der Waals surface area (Å²) in [5.74, 6) is 1.82. The third-order valence-electron chi connectivity index (χ3n) is 4.52. The largest absolute Gasteiger partial charge is 0.497 e. The third kappa shape index (κ3) is 3.09. The zero-order valence-corrected chi connectivity index (χ0v) is 13.2. The van der Waals surface area contributed by atoms with Gasteiger partial charge in [0.25, 0.3) is 0 Å².